The smallest absolute Gasteiger partial charge is 0.0490 e. The second kappa shape index (κ2) is 2.33. The van der Waals surface area contributed by atoms with E-state index in [1.807, 2.05) is 6.20 Å². The van der Waals surface area contributed by atoms with Gasteiger partial charge in [0.2, 0.25) is 0 Å². The minimum atomic E-state index is 0.700. The summed E-state index contributed by atoms with van der Waals surface area (Å²) in [6.07, 6.45) is 5.86. The van der Waals surface area contributed by atoms with Crippen LogP contribution in [0.1, 0.15) is 30.9 Å². The third kappa shape index (κ3) is 0.829. The predicted molar refractivity (Wildman–Crippen MR) is 45.9 cm³/mol. The fraction of sp³-hybridized carbons (Fsp3) is 0.667. The Kier molecular flexibility index (Phi) is 1.29. The number of nitrogens with one attached hydrogen (secondary N) is 2. The number of hydrogen-bond acceptors (Lipinski definition) is 2. The first kappa shape index (κ1) is 6.66. The average molecular weight is 163 g/mol. The van der Waals surface area contributed by atoms with E-state index in [9.17, 15) is 0 Å². The minimum absolute atomic E-state index is 0.700. The van der Waals surface area contributed by atoms with Gasteiger partial charge in [-0.15, -0.1) is 0 Å². The van der Waals surface area contributed by atoms with Crippen LogP contribution in [0, 0.1) is 0 Å². The van der Waals surface area contributed by atoms with Gasteiger partial charge in [-0.05, 0) is 25.3 Å². The van der Waals surface area contributed by atoms with Gasteiger partial charge in [0.15, 0.2) is 0 Å². The minimum Gasteiger partial charge on any atom is -0.311 e. The summed E-state index contributed by atoms with van der Waals surface area (Å²) in [7, 11) is 0. The van der Waals surface area contributed by atoms with Gasteiger partial charge >= 0.3 is 0 Å². The fourth-order valence-electron chi connectivity index (χ4n) is 2.64. The van der Waals surface area contributed by atoms with Crippen LogP contribution in [0.2, 0.25) is 0 Å². The van der Waals surface area contributed by atoms with Crippen molar-refractivity contribution in [2.24, 2.45) is 0 Å². The van der Waals surface area contributed by atoms with Crippen molar-refractivity contribution in [3.63, 3.8) is 0 Å². The van der Waals surface area contributed by atoms with Crippen LogP contribution in [-0.2, 0) is 0 Å². The van der Waals surface area contributed by atoms with E-state index in [-0.39, 0.29) is 0 Å². The molecule has 0 aliphatic carbocycles. The molecule has 3 atom stereocenters. The third-order valence-electron chi connectivity index (χ3n) is 3.22. The zero-order chi connectivity index (χ0) is 7.97. The molecule has 2 saturated heterocycles. The molecule has 1 aromatic rings. The van der Waals surface area contributed by atoms with Gasteiger partial charge in [0.1, 0.15) is 0 Å². The monoisotopic (exact) mass is 163 g/mol. The second-order valence-electron chi connectivity index (χ2n) is 3.90. The van der Waals surface area contributed by atoms with E-state index < -0.39 is 0 Å². The van der Waals surface area contributed by atoms with E-state index in [2.05, 4.69) is 21.6 Å². The molecule has 0 amide bonds. The van der Waals surface area contributed by atoms with Crippen molar-refractivity contribution in [1.82, 2.24) is 15.5 Å². The number of rotatable bonds is 1. The third-order valence-corrected chi connectivity index (χ3v) is 3.22. The molecule has 0 saturated carbocycles. The first-order chi connectivity index (χ1) is 5.93. The summed E-state index contributed by atoms with van der Waals surface area (Å²) in [5.41, 5.74) is 1.31. The number of aromatic nitrogens is 2. The summed E-state index contributed by atoms with van der Waals surface area (Å²) in [5, 5.41) is 10.7. The molecule has 2 bridgehead atoms. The van der Waals surface area contributed by atoms with Crippen LogP contribution in [-0.4, -0.2) is 22.3 Å². The molecule has 0 aromatic carbocycles. The van der Waals surface area contributed by atoms with Gasteiger partial charge in [-0.2, -0.15) is 5.10 Å². The average Bonchev–Trinajstić information content (AvgIpc) is 2.81. The molecular formula is C9H13N3. The quantitative estimate of drug-likeness (QED) is 0.649. The topological polar surface area (TPSA) is 40.7 Å². The largest absolute Gasteiger partial charge is 0.311 e. The maximum Gasteiger partial charge on any atom is 0.0490 e. The van der Waals surface area contributed by atoms with Crippen molar-refractivity contribution >= 4 is 0 Å². The van der Waals surface area contributed by atoms with Gasteiger partial charge < -0.3 is 5.32 Å². The number of aromatic amines is 1. The molecule has 0 radical (unpaired) electrons. The highest BCUT2D eigenvalue weighted by Crippen LogP contribution is 2.38. The second-order valence-corrected chi connectivity index (χ2v) is 3.90. The normalized spacial score (nSPS) is 39.2. The molecule has 2 fully saturated rings. The lowest BCUT2D eigenvalue weighted by Gasteiger charge is -2.17. The van der Waals surface area contributed by atoms with Crippen LogP contribution in [0.5, 0.6) is 0 Å². The Balaban J connectivity index is 1.87. The van der Waals surface area contributed by atoms with Crippen LogP contribution in [0.25, 0.3) is 0 Å². The highest BCUT2D eigenvalue weighted by atomic mass is 15.1. The lowest BCUT2D eigenvalue weighted by molar-refractivity contribution is 0.496. The number of nitrogens with zero attached hydrogens (tertiary/aromatic N) is 1. The van der Waals surface area contributed by atoms with Crippen molar-refractivity contribution in [3.05, 3.63) is 18.0 Å². The highest BCUT2D eigenvalue weighted by molar-refractivity contribution is 5.16. The van der Waals surface area contributed by atoms with Gasteiger partial charge in [-0.25, -0.2) is 0 Å². The van der Waals surface area contributed by atoms with Crippen molar-refractivity contribution in [3.8, 4) is 0 Å². The first-order valence-corrected chi connectivity index (χ1v) is 4.69. The molecule has 3 nitrogen and oxygen atoms in total. The lowest BCUT2D eigenvalue weighted by atomic mass is 9.87. The van der Waals surface area contributed by atoms with Crippen LogP contribution in [0.3, 0.4) is 0 Å². The van der Waals surface area contributed by atoms with E-state index in [0.29, 0.717) is 5.92 Å². The maximum atomic E-state index is 4.00. The molecular weight excluding hydrogens is 150 g/mol. The maximum absolute atomic E-state index is 4.00. The lowest BCUT2D eigenvalue weighted by Crippen LogP contribution is -2.21. The summed E-state index contributed by atoms with van der Waals surface area (Å²) in [6.45, 7) is 0. The van der Waals surface area contributed by atoms with Crippen molar-refractivity contribution in [1.29, 1.82) is 0 Å². The zero-order valence-electron chi connectivity index (χ0n) is 6.96. The van der Waals surface area contributed by atoms with Crippen LogP contribution in [0.4, 0.5) is 0 Å². The van der Waals surface area contributed by atoms with E-state index in [0.717, 1.165) is 12.1 Å². The molecule has 0 spiro atoms. The Bertz CT molecular complexity index is 267. The molecule has 3 heterocycles. The van der Waals surface area contributed by atoms with Crippen molar-refractivity contribution < 1.29 is 0 Å². The van der Waals surface area contributed by atoms with Gasteiger partial charge in [0.25, 0.3) is 0 Å². The van der Waals surface area contributed by atoms with Gasteiger partial charge in [0, 0.05) is 29.9 Å². The van der Waals surface area contributed by atoms with Gasteiger partial charge in [-0.1, -0.05) is 0 Å². The molecule has 3 heteroatoms. The molecule has 12 heavy (non-hydrogen) atoms. The Morgan fingerprint density at radius 3 is 3.00 bits per heavy atom. The summed E-state index contributed by atoms with van der Waals surface area (Å²) in [5.74, 6) is 0.700. The highest BCUT2D eigenvalue weighted by Gasteiger charge is 2.40. The molecule has 3 unspecified atom stereocenters. The summed E-state index contributed by atoms with van der Waals surface area (Å²) in [4.78, 5) is 0. The van der Waals surface area contributed by atoms with Crippen molar-refractivity contribution in [2.75, 3.05) is 0 Å². The fourth-order valence-corrected chi connectivity index (χ4v) is 2.64. The van der Waals surface area contributed by atoms with Crippen molar-refractivity contribution in [2.45, 2.75) is 37.3 Å². The van der Waals surface area contributed by atoms with E-state index >= 15 is 0 Å². The van der Waals surface area contributed by atoms with E-state index in [1.165, 1.54) is 25.0 Å². The van der Waals surface area contributed by atoms with E-state index in [4.69, 9.17) is 0 Å². The molecule has 64 valence electrons. The molecule has 1 aromatic heterocycles. The predicted octanol–water partition coefficient (Wildman–Crippen LogP) is 1.02. The van der Waals surface area contributed by atoms with Crippen LogP contribution < -0.4 is 5.32 Å². The van der Waals surface area contributed by atoms with Crippen LogP contribution >= 0.6 is 0 Å². The molecule has 2 aliphatic rings. The Morgan fingerprint density at radius 2 is 2.42 bits per heavy atom. The number of fused-ring (bicyclic) bond motifs is 2. The summed E-state index contributed by atoms with van der Waals surface area (Å²) >= 11 is 0. The Labute approximate surface area is 71.6 Å². The first-order valence-electron chi connectivity index (χ1n) is 4.69. The molecule has 2 N–H and O–H groups in total. The zero-order valence-corrected chi connectivity index (χ0v) is 6.96. The van der Waals surface area contributed by atoms with E-state index in [1.54, 1.807) is 0 Å². The molecule has 2 aliphatic heterocycles. The van der Waals surface area contributed by atoms with Gasteiger partial charge in [0.05, 0.1) is 0 Å². The van der Waals surface area contributed by atoms with Gasteiger partial charge in [-0.3, -0.25) is 5.10 Å². The summed E-state index contributed by atoms with van der Waals surface area (Å²) < 4.78 is 0. The molecule has 3 rings (SSSR count). The number of hydrogen-bond donors (Lipinski definition) is 2. The van der Waals surface area contributed by atoms with Crippen LogP contribution in [0.15, 0.2) is 12.3 Å². The Hall–Kier alpha value is -0.830. The Morgan fingerprint density at radius 1 is 1.42 bits per heavy atom. The SMILES string of the molecule is c1cc(C2CC3CCC2N3)[nH]n1. The summed E-state index contributed by atoms with van der Waals surface area (Å²) in [6, 6.07) is 3.60. The number of H-pyrrole nitrogens is 1. The standard InChI is InChI=1S/C9H13N3/c1-2-8-7(5-6(1)11-8)9-3-4-10-12-9/h3-4,6-8,11H,1-2,5H2,(H,10,12).